The SMILES string of the molecule is CCC(C#CC(=O)O[C@@H]1COC(C)(C)N1C(=O)OC(C)(C)C)N(O)Cc1ccccc1. The maximum absolute atomic E-state index is 12.6. The Bertz CT molecular complexity index is 822. The molecule has 0 spiro atoms. The Hall–Kier alpha value is -2.60. The molecule has 1 aliphatic rings. The first-order valence-electron chi connectivity index (χ1n) is 10.3. The average Bonchev–Trinajstić information content (AvgIpc) is 2.95. The number of hydroxylamine groups is 2. The lowest BCUT2D eigenvalue weighted by molar-refractivity contribution is -0.150. The second kappa shape index (κ2) is 10.1. The molecule has 2 rings (SSSR count). The summed E-state index contributed by atoms with van der Waals surface area (Å²) in [7, 11) is 0. The molecule has 0 bridgehead atoms. The van der Waals surface area contributed by atoms with Gasteiger partial charge in [-0.2, -0.15) is 5.06 Å². The maximum atomic E-state index is 12.6. The van der Waals surface area contributed by atoms with E-state index in [2.05, 4.69) is 11.8 Å². The van der Waals surface area contributed by atoms with Gasteiger partial charge in [0, 0.05) is 5.92 Å². The molecule has 0 saturated carbocycles. The summed E-state index contributed by atoms with van der Waals surface area (Å²) >= 11 is 0. The van der Waals surface area contributed by atoms with Crippen molar-refractivity contribution in [3.8, 4) is 11.8 Å². The second-order valence-corrected chi connectivity index (χ2v) is 8.74. The molecule has 0 aliphatic carbocycles. The normalized spacial score (nSPS) is 18.8. The number of hydrogen-bond acceptors (Lipinski definition) is 7. The average molecular weight is 433 g/mol. The van der Waals surface area contributed by atoms with Gasteiger partial charge < -0.3 is 19.4 Å². The van der Waals surface area contributed by atoms with Gasteiger partial charge >= 0.3 is 12.1 Å². The zero-order valence-electron chi connectivity index (χ0n) is 19.0. The highest BCUT2D eigenvalue weighted by Gasteiger charge is 2.47. The van der Waals surface area contributed by atoms with E-state index in [1.54, 1.807) is 34.6 Å². The maximum Gasteiger partial charge on any atom is 0.415 e. The van der Waals surface area contributed by atoms with Gasteiger partial charge in [0.1, 0.15) is 17.9 Å². The third-order valence-electron chi connectivity index (χ3n) is 4.56. The molecule has 2 atom stereocenters. The Morgan fingerprint density at radius 1 is 1.32 bits per heavy atom. The van der Waals surface area contributed by atoms with Crippen LogP contribution in [0.1, 0.15) is 53.5 Å². The van der Waals surface area contributed by atoms with Crippen molar-refractivity contribution in [2.24, 2.45) is 0 Å². The number of carbonyl (C=O) groups is 2. The summed E-state index contributed by atoms with van der Waals surface area (Å²) in [6, 6.07) is 8.90. The first-order valence-corrected chi connectivity index (χ1v) is 10.3. The zero-order valence-corrected chi connectivity index (χ0v) is 19.0. The van der Waals surface area contributed by atoms with E-state index in [0.717, 1.165) is 10.6 Å². The number of carbonyl (C=O) groups excluding carboxylic acids is 2. The van der Waals surface area contributed by atoms with Gasteiger partial charge in [0.15, 0.2) is 0 Å². The third-order valence-corrected chi connectivity index (χ3v) is 4.56. The van der Waals surface area contributed by atoms with Crippen molar-refractivity contribution in [1.29, 1.82) is 0 Å². The fourth-order valence-corrected chi connectivity index (χ4v) is 3.06. The Morgan fingerprint density at radius 3 is 2.55 bits per heavy atom. The van der Waals surface area contributed by atoms with Gasteiger partial charge in [-0.1, -0.05) is 43.2 Å². The van der Waals surface area contributed by atoms with E-state index < -0.39 is 35.7 Å². The number of rotatable bonds is 5. The molecule has 1 N–H and O–H groups in total. The topological polar surface area (TPSA) is 88.5 Å². The smallest absolute Gasteiger partial charge is 0.415 e. The van der Waals surface area contributed by atoms with Crippen LogP contribution in [0.2, 0.25) is 0 Å². The number of hydrogen-bond donors (Lipinski definition) is 1. The highest BCUT2D eigenvalue weighted by Crippen LogP contribution is 2.30. The standard InChI is InChI=1S/C23H32N2O6/c1-7-18(24(28)15-17-11-9-8-10-12-17)13-14-20(26)30-19-16-29-23(5,6)25(19)21(27)31-22(2,3)4/h8-12,18-19,28H,7,15-16H2,1-6H3/t18?,19-/m1/s1. The zero-order chi connectivity index (χ0) is 23.2. The molecule has 31 heavy (non-hydrogen) atoms. The number of ether oxygens (including phenoxy) is 3. The monoisotopic (exact) mass is 432 g/mol. The lowest BCUT2D eigenvalue weighted by atomic mass is 10.2. The minimum Gasteiger partial charge on any atom is -0.444 e. The van der Waals surface area contributed by atoms with Gasteiger partial charge in [-0.05, 0) is 46.6 Å². The van der Waals surface area contributed by atoms with Crippen molar-refractivity contribution in [3.63, 3.8) is 0 Å². The van der Waals surface area contributed by atoms with E-state index in [9.17, 15) is 14.8 Å². The fraction of sp³-hybridized carbons (Fsp3) is 0.565. The molecule has 0 aromatic heterocycles. The van der Waals surface area contributed by atoms with E-state index in [-0.39, 0.29) is 13.2 Å². The second-order valence-electron chi connectivity index (χ2n) is 8.74. The number of benzene rings is 1. The Labute approximate surface area is 184 Å². The fourth-order valence-electron chi connectivity index (χ4n) is 3.06. The Morgan fingerprint density at radius 2 is 1.97 bits per heavy atom. The van der Waals surface area contributed by atoms with Crippen LogP contribution in [0, 0.1) is 11.8 Å². The number of nitrogens with zero attached hydrogens (tertiary/aromatic N) is 2. The molecule has 1 fully saturated rings. The van der Waals surface area contributed by atoms with Gasteiger partial charge in [-0.25, -0.2) is 14.5 Å². The predicted octanol–water partition coefficient (Wildman–Crippen LogP) is 3.53. The van der Waals surface area contributed by atoms with Crippen molar-refractivity contribution in [3.05, 3.63) is 35.9 Å². The molecule has 8 nitrogen and oxygen atoms in total. The molecule has 1 aromatic carbocycles. The lowest BCUT2D eigenvalue weighted by Gasteiger charge is -2.34. The first-order chi connectivity index (χ1) is 14.4. The highest BCUT2D eigenvalue weighted by atomic mass is 16.6. The molecule has 1 heterocycles. The van der Waals surface area contributed by atoms with E-state index in [0.29, 0.717) is 6.42 Å². The summed E-state index contributed by atoms with van der Waals surface area (Å²) in [5.41, 5.74) is -0.780. The largest absolute Gasteiger partial charge is 0.444 e. The summed E-state index contributed by atoms with van der Waals surface area (Å²) in [5, 5.41) is 11.4. The van der Waals surface area contributed by atoms with Gasteiger partial charge in [-0.3, -0.25) is 0 Å². The first kappa shape index (κ1) is 24.7. The molecule has 1 saturated heterocycles. The molecule has 1 amide bonds. The molecular weight excluding hydrogens is 400 g/mol. The summed E-state index contributed by atoms with van der Waals surface area (Å²) in [5.74, 6) is 4.34. The van der Waals surface area contributed by atoms with Crippen LogP contribution in [0.25, 0.3) is 0 Å². The van der Waals surface area contributed by atoms with Crippen LogP contribution < -0.4 is 0 Å². The van der Waals surface area contributed by atoms with E-state index >= 15 is 0 Å². The summed E-state index contributed by atoms with van der Waals surface area (Å²) in [6.45, 7) is 10.8. The minimum atomic E-state index is -0.996. The van der Waals surface area contributed by atoms with E-state index in [1.165, 1.54) is 4.90 Å². The molecular formula is C23H32N2O6. The van der Waals surface area contributed by atoms with Crippen LogP contribution in [0.3, 0.4) is 0 Å². The van der Waals surface area contributed by atoms with Crippen molar-refractivity contribution >= 4 is 12.1 Å². The Kier molecular flexibility index (Phi) is 8.07. The minimum absolute atomic E-state index is 0.0109. The van der Waals surface area contributed by atoms with Crippen LogP contribution in [0.15, 0.2) is 30.3 Å². The highest BCUT2D eigenvalue weighted by molar-refractivity contribution is 5.88. The summed E-state index contributed by atoms with van der Waals surface area (Å²) < 4.78 is 16.4. The van der Waals surface area contributed by atoms with Crippen molar-refractivity contribution in [2.75, 3.05) is 6.61 Å². The molecule has 8 heteroatoms. The van der Waals surface area contributed by atoms with Gasteiger partial charge in [0.2, 0.25) is 6.23 Å². The molecule has 1 aromatic rings. The quantitative estimate of drug-likeness (QED) is 0.330. The van der Waals surface area contributed by atoms with Crippen molar-refractivity contribution < 1.29 is 29.0 Å². The van der Waals surface area contributed by atoms with Crippen molar-refractivity contribution in [1.82, 2.24) is 9.96 Å². The van der Waals surface area contributed by atoms with Crippen LogP contribution >= 0.6 is 0 Å². The lowest BCUT2D eigenvalue weighted by Crippen LogP contribution is -2.51. The van der Waals surface area contributed by atoms with Gasteiger partial charge in [0.05, 0.1) is 12.6 Å². The Balaban J connectivity index is 2.03. The van der Waals surface area contributed by atoms with Crippen LogP contribution in [0.5, 0.6) is 0 Å². The summed E-state index contributed by atoms with van der Waals surface area (Å²) in [4.78, 5) is 26.2. The molecule has 1 aliphatic heterocycles. The van der Waals surface area contributed by atoms with Gasteiger partial charge in [-0.15, -0.1) is 0 Å². The number of amides is 1. The third kappa shape index (κ3) is 7.24. The van der Waals surface area contributed by atoms with Crippen LogP contribution in [-0.4, -0.2) is 57.4 Å². The van der Waals surface area contributed by atoms with E-state index in [1.807, 2.05) is 37.3 Å². The molecule has 1 unspecified atom stereocenters. The predicted molar refractivity (Wildman–Crippen MR) is 114 cm³/mol. The van der Waals surface area contributed by atoms with Crippen molar-refractivity contribution in [2.45, 2.75) is 78.1 Å². The van der Waals surface area contributed by atoms with E-state index in [4.69, 9.17) is 14.2 Å². The molecule has 170 valence electrons. The molecule has 0 radical (unpaired) electrons. The summed E-state index contributed by atoms with van der Waals surface area (Å²) in [6.07, 6.45) is -1.09. The van der Waals surface area contributed by atoms with Gasteiger partial charge in [0.25, 0.3) is 0 Å². The number of esters is 1. The van der Waals surface area contributed by atoms with Crippen LogP contribution in [0.4, 0.5) is 4.79 Å². The van der Waals surface area contributed by atoms with Crippen LogP contribution in [-0.2, 0) is 25.5 Å².